The number of aryl methyl sites for hydroxylation is 1. The minimum Gasteiger partial charge on any atom is -0.497 e. The van der Waals surface area contributed by atoms with E-state index in [1.165, 1.54) is 0 Å². The number of nitrogens with one attached hydrogen (secondary N) is 1. The Morgan fingerprint density at radius 3 is 2.56 bits per heavy atom. The molecule has 5 nitrogen and oxygen atoms in total. The van der Waals surface area contributed by atoms with E-state index in [4.69, 9.17) is 10.6 Å². The van der Waals surface area contributed by atoms with Crippen LogP contribution in [0.5, 0.6) is 5.75 Å². The number of benzene rings is 1. The lowest BCUT2D eigenvalue weighted by molar-refractivity contribution is 0.414. The quantitative estimate of drug-likeness (QED) is 0.614. The molecule has 1 heterocycles. The second kappa shape index (κ2) is 5.66. The number of nitrogens with two attached hydrogens (primary N) is 1. The molecular formula is C13H18N4O. The van der Waals surface area contributed by atoms with Crippen molar-refractivity contribution in [1.82, 2.24) is 15.2 Å². The van der Waals surface area contributed by atoms with Gasteiger partial charge in [-0.1, -0.05) is 12.1 Å². The molecule has 0 saturated carbocycles. The molecule has 0 radical (unpaired) electrons. The van der Waals surface area contributed by atoms with Crippen molar-refractivity contribution < 1.29 is 4.74 Å². The highest BCUT2D eigenvalue weighted by atomic mass is 16.5. The van der Waals surface area contributed by atoms with Crippen molar-refractivity contribution in [2.75, 3.05) is 7.11 Å². The minimum absolute atomic E-state index is 0.0470. The van der Waals surface area contributed by atoms with E-state index in [2.05, 4.69) is 10.5 Å². The molecule has 2 aromatic rings. The summed E-state index contributed by atoms with van der Waals surface area (Å²) in [5.74, 6) is 6.45. The summed E-state index contributed by atoms with van der Waals surface area (Å²) in [5, 5.41) is 4.35. The molecule has 1 atom stereocenters. The Hall–Kier alpha value is -1.85. The topological polar surface area (TPSA) is 65.1 Å². The van der Waals surface area contributed by atoms with Gasteiger partial charge in [0.05, 0.1) is 18.8 Å². The van der Waals surface area contributed by atoms with Crippen molar-refractivity contribution >= 4 is 0 Å². The average Bonchev–Trinajstić information content (AvgIpc) is 2.82. The van der Waals surface area contributed by atoms with E-state index in [1.807, 2.05) is 43.6 Å². The van der Waals surface area contributed by atoms with Crippen LogP contribution in [-0.2, 0) is 13.5 Å². The third-order valence-electron chi connectivity index (χ3n) is 2.90. The highest BCUT2D eigenvalue weighted by molar-refractivity contribution is 5.29. The fourth-order valence-corrected chi connectivity index (χ4v) is 1.89. The van der Waals surface area contributed by atoms with Crippen LogP contribution in [0.2, 0.25) is 0 Å². The van der Waals surface area contributed by atoms with Gasteiger partial charge in [0.2, 0.25) is 0 Å². The molecule has 2 rings (SSSR count). The second-order valence-corrected chi connectivity index (χ2v) is 4.18. The number of nitrogens with zero attached hydrogens (tertiary/aromatic N) is 2. The summed E-state index contributed by atoms with van der Waals surface area (Å²) in [7, 11) is 3.56. The molecule has 0 aliphatic heterocycles. The van der Waals surface area contributed by atoms with Gasteiger partial charge in [-0.2, -0.15) is 5.10 Å². The summed E-state index contributed by atoms with van der Waals surface area (Å²) < 4.78 is 6.93. The summed E-state index contributed by atoms with van der Waals surface area (Å²) >= 11 is 0. The van der Waals surface area contributed by atoms with Gasteiger partial charge in [-0.25, -0.2) is 0 Å². The van der Waals surface area contributed by atoms with Gasteiger partial charge in [0.15, 0.2) is 0 Å². The normalized spacial score (nSPS) is 12.4. The maximum Gasteiger partial charge on any atom is 0.118 e. The van der Waals surface area contributed by atoms with Crippen molar-refractivity contribution in [2.24, 2.45) is 12.9 Å². The number of ether oxygens (including phenoxy) is 1. The first kappa shape index (κ1) is 12.6. The van der Waals surface area contributed by atoms with Gasteiger partial charge < -0.3 is 4.74 Å². The Balaban J connectivity index is 2.12. The zero-order chi connectivity index (χ0) is 13.0. The van der Waals surface area contributed by atoms with Gasteiger partial charge in [0, 0.05) is 19.7 Å². The summed E-state index contributed by atoms with van der Waals surface area (Å²) in [4.78, 5) is 0. The fourth-order valence-electron chi connectivity index (χ4n) is 1.89. The van der Waals surface area contributed by atoms with Gasteiger partial charge in [0.25, 0.3) is 0 Å². The third kappa shape index (κ3) is 2.88. The molecular weight excluding hydrogens is 228 g/mol. The van der Waals surface area contributed by atoms with Gasteiger partial charge in [0.1, 0.15) is 5.75 Å². The SMILES string of the molecule is COc1ccc(C(Cc2ccn(C)n2)NN)cc1. The van der Waals surface area contributed by atoms with E-state index in [0.717, 1.165) is 23.4 Å². The molecule has 1 aromatic carbocycles. The smallest absolute Gasteiger partial charge is 0.118 e. The van der Waals surface area contributed by atoms with Crippen LogP contribution in [0.3, 0.4) is 0 Å². The molecule has 1 unspecified atom stereocenters. The largest absolute Gasteiger partial charge is 0.497 e. The van der Waals surface area contributed by atoms with Crippen molar-refractivity contribution in [1.29, 1.82) is 0 Å². The predicted octanol–water partition coefficient (Wildman–Crippen LogP) is 1.18. The Bertz CT molecular complexity index is 492. The Morgan fingerprint density at radius 1 is 1.33 bits per heavy atom. The number of hydrogen-bond donors (Lipinski definition) is 2. The van der Waals surface area contributed by atoms with Gasteiger partial charge in [-0.05, 0) is 23.8 Å². The van der Waals surface area contributed by atoms with E-state index >= 15 is 0 Å². The van der Waals surface area contributed by atoms with Crippen LogP contribution >= 0.6 is 0 Å². The van der Waals surface area contributed by atoms with E-state index in [9.17, 15) is 0 Å². The third-order valence-corrected chi connectivity index (χ3v) is 2.90. The molecule has 0 bridgehead atoms. The summed E-state index contributed by atoms with van der Waals surface area (Å²) in [6.07, 6.45) is 2.68. The number of hydrogen-bond acceptors (Lipinski definition) is 4. The van der Waals surface area contributed by atoms with Crippen LogP contribution in [0.1, 0.15) is 17.3 Å². The maximum absolute atomic E-state index is 5.61. The minimum atomic E-state index is 0.0470. The molecule has 0 saturated heterocycles. The molecule has 5 heteroatoms. The zero-order valence-corrected chi connectivity index (χ0v) is 10.6. The lowest BCUT2D eigenvalue weighted by Crippen LogP contribution is -2.29. The van der Waals surface area contributed by atoms with Gasteiger partial charge in [-0.3, -0.25) is 16.0 Å². The average molecular weight is 246 g/mol. The Labute approximate surface area is 107 Å². The van der Waals surface area contributed by atoms with Crippen LogP contribution in [0.25, 0.3) is 0 Å². The van der Waals surface area contributed by atoms with E-state index in [-0.39, 0.29) is 6.04 Å². The number of rotatable bonds is 5. The lowest BCUT2D eigenvalue weighted by atomic mass is 10.0. The summed E-state index contributed by atoms with van der Waals surface area (Å²) in [6, 6.07) is 9.91. The first-order valence-electron chi connectivity index (χ1n) is 5.81. The van der Waals surface area contributed by atoms with Crippen LogP contribution in [0, 0.1) is 0 Å². The lowest BCUT2D eigenvalue weighted by Gasteiger charge is -2.15. The van der Waals surface area contributed by atoms with Crippen molar-refractivity contribution in [3.8, 4) is 5.75 Å². The first-order chi connectivity index (χ1) is 8.72. The van der Waals surface area contributed by atoms with Gasteiger partial charge in [-0.15, -0.1) is 0 Å². The predicted molar refractivity (Wildman–Crippen MR) is 70.0 cm³/mol. The molecule has 96 valence electrons. The van der Waals surface area contributed by atoms with E-state index in [0.29, 0.717) is 0 Å². The molecule has 0 aliphatic rings. The summed E-state index contributed by atoms with van der Waals surface area (Å²) in [6.45, 7) is 0. The highest BCUT2D eigenvalue weighted by Gasteiger charge is 2.12. The monoisotopic (exact) mass is 246 g/mol. The molecule has 18 heavy (non-hydrogen) atoms. The molecule has 0 aliphatic carbocycles. The molecule has 1 aromatic heterocycles. The van der Waals surface area contributed by atoms with Gasteiger partial charge >= 0.3 is 0 Å². The van der Waals surface area contributed by atoms with Crippen LogP contribution in [0.4, 0.5) is 0 Å². The maximum atomic E-state index is 5.61. The number of aromatic nitrogens is 2. The van der Waals surface area contributed by atoms with Crippen LogP contribution < -0.4 is 16.0 Å². The van der Waals surface area contributed by atoms with E-state index in [1.54, 1.807) is 11.8 Å². The van der Waals surface area contributed by atoms with Crippen LogP contribution in [0.15, 0.2) is 36.5 Å². The highest BCUT2D eigenvalue weighted by Crippen LogP contribution is 2.20. The van der Waals surface area contributed by atoms with Crippen molar-refractivity contribution in [2.45, 2.75) is 12.5 Å². The fraction of sp³-hybridized carbons (Fsp3) is 0.308. The Kier molecular flexibility index (Phi) is 3.96. The molecule has 0 amide bonds. The number of hydrazine groups is 1. The van der Waals surface area contributed by atoms with E-state index < -0.39 is 0 Å². The van der Waals surface area contributed by atoms with Crippen molar-refractivity contribution in [3.63, 3.8) is 0 Å². The molecule has 3 N–H and O–H groups in total. The van der Waals surface area contributed by atoms with Crippen LogP contribution in [-0.4, -0.2) is 16.9 Å². The summed E-state index contributed by atoms with van der Waals surface area (Å²) in [5.41, 5.74) is 4.95. The molecule has 0 fully saturated rings. The van der Waals surface area contributed by atoms with Crippen molar-refractivity contribution in [3.05, 3.63) is 47.8 Å². The number of methoxy groups -OCH3 is 1. The standard InChI is InChI=1S/C13H18N4O/c1-17-8-7-11(16-17)9-13(15-14)10-3-5-12(18-2)6-4-10/h3-8,13,15H,9,14H2,1-2H3. The first-order valence-corrected chi connectivity index (χ1v) is 5.81. The zero-order valence-electron chi connectivity index (χ0n) is 10.6. The second-order valence-electron chi connectivity index (χ2n) is 4.18. The molecule has 0 spiro atoms. The Morgan fingerprint density at radius 2 is 2.06 bits per heavy atom.